The first kappa shape index (κ1) is 14.0. The second-order valence-electron chi connectivity index (χ2n) is 3.90. The summed E-state index contributed by atoms with van der Waals surface area (Å²) in [7, 11) is 0. The second-order valence-corrected chi connectivity index (χ2v) is 3.90. The van der Waals surface area contributed by atoms with Crippen LogP contribution in [0.1, 0.15) is 19.8 Å². The fraction of sp³-hybridized carbons (Fsp3) is 0.385. The number of carbonyl (C=O) groups is 2. The summed E-state index contributed by atoms with van der Waals surface area (Å²) in [5.41, 5.74) is 0. The van der Waals surface area contributed by atoms with Gasteiger partial charge in [0.15, 0.2) is 0 Å². The Kier molecular flexibility index (Phi) is 5.70. The number of carboxylic acids is 1. The first-order chi connectivity index (χ1) is 8.59. The van der Waals surface area contributed by atoms with Gasteiger partial charge in [0, 0.05) is 6.92 Å². The molecule has 98 valence electrons. The molecule has 1 atom stereocenters. The van der Waals surface area contributed by atoms with Gasteiger partial charge in [-0.05, 0) is 25.0 Å². The Morgan fingerprint density at radius 2 is 2.00 bits per heavy atom. The maximum absolute atomic E-state index is 10.8. The van der Waals surface area contributed by atoms with Crippen molar-refractivity contribution in [3.63, 3.8) is 0 Å². The number of benzene rings is 1. The number of amides is 1. The smallest absolute Gasteiger partial charge is 0.326 e. The van der Waals surface area contributed by atoms with Crippen LogP contribution in [0.15, 0.2) is 30.3 Å². The average molecular weight is 251 g/mol. The first-order valence-electron chi connectivity index (χ1n) is 5.77. The Morgan fingerprint density at radius 3 is 2.56 bits per heavy atom. The molecule has 0 aliphatic heterocycles. The molecule has 18 heavy (non-hydrogen) atoms. The van der Waals surface area contributed by atoms with E-state index in [1.54, 1.807) is 0 Å². The molecule has 1 amide bonds. The Bertz CT molecular complexity index is 391. The molecule has 1 aromatic rings. The van der Waals surface area contributed by atoms with Gasteiger partial charge in [0.1, 0.15) is 11.8 Å². The van der Waals surface area contributed by atoms with Gasteiger partial charge in [-0.15, -0.1) is 0 Å². The van der Waals surface area contributed by atoms with Crippen LogP contribution in [-0.4, -0.2) is 29.6 Å². The van der Waals surface area contributed by atoms with Crippen LogP contribution in [-0.2, 0) is 9.59 Å². The topological polar surface area (TPSA) is 75.6 Å². The van der Waals surface area contributed by atoms with Crippen LogP contribution >= 0.6 is 0 Å². The summed E-state index contributed by atoms with van der Waals surface area (Å²) in [5.74, 6) is -0.611. The predicted molar refractivity (Wildman–Crippen MR) is 66.4 cm³/mol. The largest absolute Gasteiger partial charge is 0.494 e. The molecule has 0 aliphatic rings. The van der Waals surface area contributed by atoms with Crippen molar-refractivity contribution < 1.29 is 19.4 Å². The highest BCUT2D eigenvalue weighted by atomic mass is 16.5. The van der Waals surface area contributed by atoms with Gasteiger partial charge in [0.05, 0.1) is 6.61 Å². The Labute approximate surface area is 106 Å². The van der Waals surface area contributed by atoms with Crippen LogP contribution in [0.4, 0.5) is 0 Å². The van der Waals surface area contributed by atoms with Crippen molar-refractivity contribution in [2.75, 3.05) is 6.61 Å². The standard InChI is InChI=1S/C13H17NO4/c1-10(15)14-12(13(16)17)8-5-9-18-11-6-3-2-4-7-11/h2-4,6-7,12H,5,8-9H2,1H3,(H,14,15)(H,16,17). The number of carbonyl (C=O) groups excluding carboxylic acids is 1. The fourth-order valence-electron chi connectivity index (χ4n) is 1.50. The van der Waals surface area contributed by atoms with Crippen molar-refractivity contribution in [2.24, 2.45) is 0 Å². The third-order valence-corrected chi connectivity index (χ3v) is 2.32. The molecule has 2 N–H and O–H groups in total. The zero-order valence-electron chi connectivity index (χ0n) is 10.3. The molecule has 1 aromatic carbocycles. The monoisotopic (exact) mass is 251 g/mol. The zero-order valence-corrected chi connectivity index (χ0v) is 10.3. The number of ether oxygens (including phenoxy) is 1. The van der Waals surface area contributed by atoms with Gasteiger partial charge in [-0.3, -0.25) is 4.79 Å². The molecule has 0 aromatic heterocycles. The molecule has 5 heteroatoms. The summed E-state index contributed by atoms with van der Waals surface area (Å²) < 4.78 is 5.44. The third kappa shape index (κ3) is 5.34. The number of hydrogen-bond acceptors (Lipinski definition) is 3. The number of hydrogen-bond donors (Lipinski definition) is 2. The lowest BCUT2D eigenvalue weighted by Gasteiger charge is -2.13. The molecule has 0 fully saturated rings. The van der Waals surface area contributed by atoms with E-state index in [-0.39, 0.29) is 5.91 Å². The number of rotatable bonds is 7. The van der Waals surface area contributed by atoms with E-state index in [1.807, 2.05) is 30.3 Å². The molecule has 1 rings (SSSR count). The minimum atomic E-state index is -1.02. The maximum Gasteiger partial charge on any atom is 0.326 e. The number of aliphatic carboxylic acids is 1. The van der Waals surface area contributed by atoms with Crippen LogP contribution < -0.4 is 10.1 Å². The molecular formula is C13H17NO4. The average Bonchev–Trinajstić information content (AvgIpc) is 2.33. The van der Waals surface area contributed by atoms with E-state index in [1.165, 1.54) is 6.92 Å². The first-order valence-corrected chi connectivity index (χ1v) is 5.77. The van der Waals surface area contributed by atoms with Gasteiger partial charge in [-0.25, -0.2) is 4.79 Å². The van der Waals surface area contributed by atoms with E-state index in [9.17, 15) is 9.59 Å². The summed E-state index contributed by atoms with van der Waals surface area (Å²) in [6, 6.07) is 8.45. The number of carboxylic acid groups (broad SMARTS) is 1. The van der Waals surface area contributed by atoms with E-state index in [0.29, 0.717) is 19.4 Å². The Morgan fingerprint density at radius 1 is 1.33 bits per heavy atom. The van der Waals surface area contributed by atoms with Crippen molar-refractivity contribution in [1.29, 1.82) is 0 Å². The van der Waals surface area contributed by atoms with E-state index in [0.717, 1.165) is 5.75 Å². The Hall–Kier alpha value is -2.04. The summed E-state index contributed by atoms with van der Waals surface area (Å²) in [5, 5.41) is 11.3. The zero-order chi connectivity index (χ0) is 13.4. The maximum atomic E-state index is 10.8. The highest BCUT2D eigenvalue weighted by Gasteiger charge is 2.17. The van der Waals surface area contributed by atoms with Crippen molar-refractivity contribution in [1.82, 2.24) is 5.32 Å². The number of para-hydroxylation sites is 1. The predicted octanol–water partition coefficient (Wildman–Crippen LogP) is 1.43. The molecule has 0 radical (unpaired) electrons. The summed E-state index contributed by atoms with van der Waals surface area (Å²) in [6.07, 6.45) is 0.911. The number of nitrogens with one attached hydrogen (secondary N) is 1. The quantitative estimate of drug-likeness (QED) is 0.719. The van der Waals surface area contributed by atoms with Gasteiger partial charge < -0.3 is 15.2 Å². The Balaban J connectivity index is 2.27. The lowest BCUT2D eigenvalue weighted by atomic mass is 10.1. The lowest BCUT2D eigenvalue weighted by molar-refractivity contribution is -0.141. The van der Waals surface area contributed by atoms with E-state index >= 15 is 0 Å². The van der Waals surface area contributed by atoms with Crippen LogP contribution in [0.2, 0.25) is 0 Å². The normalized spacial score (nSPS) is 11.6. The minimum absolute atomic E-state index is 0.341. The van der Waals surface area contributed by atoms with Crippen LogP contribution in [0.25, 0.3) is 0 Å². The van der Waals surface area contributed by atoms with Gasteiger partial charge >= 0.3 is 5.97 Å². The van der Waals surface area contributed by atoms with Crippen LogP contribution in [0.5, 0.6) is 5.75 Å². The molecule has 1 unspecified atom stereocenters. The van der Waals surface area contributed by atoms with Crippen molar-refractivity contribution in [3.05, 3.63) is 30.3 Å². The fourth-order valence-corrected chi connectivity index (χ4v) is 1.50. The highest BCUT2D eigenvalue weighted by molar-refractivity contribution is 5.81. The highest BCUT2D eigenvalue weighted by Crippen LogP contribution is 2.09. The van der Waals surface area contributed by atoms with Gasteiger partial charge in [0.25, 0.3) is 0 Å². The third-order valence-electron chi connectivity index (χ3n) is 2.32. The SMILES string of the molecule is CC(=O)NC(CCCOc1ccccc1)C(=O)O. The molecule has 0 bridgehead atoms. The molecular weight excluding hydrogens is 234 g/mol. The minimum Gasteiger partial charge on any atom is -0.494 e. The second kappa shape index (κ2) is 7.32. The molecule has 5 nitrogen and oxygen atoms in total. The van der Waals surface area contributed by atoms with Crippen LogP contribution in [0, 0.1) is 0 Å². The molecule has 0 saturated carbocycles. The van der Waals surface area contributed by atoms with E-state index in [2.05, 4.69) is 5.32 Å². The van der Waals surface area contributed by atoms with Crippen molar-refractivity contribution in [3.8, 4) is 5.75 Å². The molecule has 0 aliphatic carbocycles. The van der Waals surface area contributed by atoms with Gasteiger partial charge in [-0.1, -0.05) is 18.2 Å². The van der Waals surface area contributed by atoms with Gasteiger partial charge in [0.2, 0.25) is 5.91 Å². The van der Waals surface area contributed by atoms with Crippen LogP contribution in [0.3, 0.4) is 0 Å². The molecule has 0 saturated heterocycles. The van der Waals surface area contributed by atoms with Crippen molar-refractivity contribution in [2.45, 2.75) is 25.8 Å². The van der Waals surface area contributed by atoms with E-state index < -0.39 is 12.0 Å². The summed E-state index contributed by atoms with van der Waals surface area (Å²) in [6.45, 7) is 1.73. The summed E-state index contributed by atoms with van der Waals surface area (Å²) >= 11 is 0. The summed E-state index contributed by atoms with van der Waals surface area (Å²) in [4.78, 5) is 21.7. The lowest BCUT2D eigenvalue weighted by Crippen LogP contribution is -2.39. The molecule has 0 heterocycles. The van der Waals surface area contributed by atoms with E-state index in [4.69, 9.17) is 9.84 Å². The van der Waals surface area contributed by atoms with Crippen molar-refractivity contribution >= 4 is 11.9 Å². The van der Waals surface area contributed by atoms with Gasteiger partial charge in [-0.2, -0.15) is 0 Å². The molecule has 0 spiro atoms.